The average molecular weight is 178 g/mol. The molecule has 0 aliphatic heterocycles. The van der Waals surface area contributed by atoms with E-state index < -0.39 is 5.91 Å². The fourth-order valence-corrected chi connectivity index (χ4v) is 0.851. The molecule has 0 aliphatic rings. The summed E-state index contributed by atoms with van der Waals surface area (Å²) in [5.41, 5.74) is 8.38. The van der Waals surface area contributed by atoms with E-state index in [-0.39, 0.29) is 0 Å². The summed E-state index contributed by atoms with van der Waals surface area (Å²) in [4.78, 5) is 14.7. The first-order valence-corrected chi connectivity index (χ1v) is 3.62. The zero-order valence-electron chi connectivity index (χ0n) is 6.90. The SMILES string of the molecule is NNC=Nc1cccc(C(N)=O)c1. The molecule has 13 heavy (non-hydrogen) atoms. The Labute approximate surface area is 75.4 Å². The Morgan fingerprint density at radius 3 is 2.92 bits per heavy atom. The lowest BCUT2D eigenvalue weighted by Crippen LogP contribution is -2.18. The van der Waals surface area contributed by atoms with E-state index in [0.717, 1.165) is 0 Å². The van der Waals surface area contributed by atoms with E-state index in [0.29, 0.717) is 11.3 Å². The standard InChI is InChI=1S/C8H10N4O/c9-8(13)6-2-1-3-7(4-6)11-5-12-10/h1-5H,10H2,(H2,9,13)(H,11,12). The third kappa shape index (κ3) is 2.57. The van der Waals surface area contributed by atoms with Crippen LogP contribution in [0.25, 0.3) is 0 Å². The van der Waals surface area contributed by atoms with Crippen molar-refractivity contribution in [2.45, 2.75) is 0 Å². The van der Waals surface area contributed by atoms with E-state index in [4.69, 9.17) is 11.6 Å². The van der Waals surface area contributed by atoms with E-state index in [1.54, 1.807) is 24.3 Å². The smallest absolute Gasteiger partial charge is 0.248 e. The van der Waals surface area contributed by atoms with Gasteiger partial charge >= 0.3 is 0 Å². The highest BCUT2D eigenvalue weighted by atomic mass is 16.1. The Kier molecular flexibility index (Phi) is 2.99. The second-order valence-corrected chi connectivity index (χ2v) is 2.34. The lowest BCUT2D eigenvalue weighted by molar-refractivity contribution is 0.100. The van der Waals surface area contributed by atoms with Crippen molar-refractivity contribution in [1.29, 1.82) is 0 Å². The van der Waals surface area contributed by atoms with Gasteiger partial charge in [-0.15, -0.1) is 0 Å². The summed E-state index contributed by atoms with van der Waals surface area (Å²) >= 11 is 0. The van der Waals surface area contributed by atoms with Gasteiger partial charge in [-0.05, 0) is 18.2 Å². The first-order chi connectivity index (χ1) is 6.24. The number of primary amides is 1. The summed E-state index contributed by atoms with van der Waals surface area (Å²) in [5, 5.41) is 0. The number of nitrogens with zero attached hydrogens (tertiary/aromatic N) is 1. The van der Waals surface area contributed by atoms with Crippen LogP contribution in [0.2, 0.25) is 0 Å². The molecule has 1 rings (SSSR count). The molecular formula is C8H10N4O. The van der Waals surface area contributed by atoms with Gasteiger partial charge in [0.05, 0.1) is 5.69 Å². The normalized spacial score (nSPS) is 10.2. The number of nitrogens with two attached hydrogens (primary N) is 2. The number of hydrogen-bond acceptors (Lipinski definition) is 3. The molecule has 0 aliphatic carbocycles. The molecule has 0 radical (unpaired) electrons. The largest absolute Gasteiger partial charge is 0.366 e. The molecule has 1 aromatic rings. The molecule has 5 nitrogen and oxygen atoms in total. The Morgan fingerprint density at radius 1 is 1.54 bits per heavy atom. The number of carbonyl (C=O) groups is 1. The Morgan fingerprint density at radius 2 is 2.31 bits per heavy atom. The molecule has 1 amide bonds. The fourth-order valence-electron chi connectivity index (χ4n) is 0.851. The molecule has 0 unspecified atom stereocenters. The average Bonchev–Trinajstić information content (AvgIpc) is 2.15. The maximum Gasteiger partial charge on any atom is 0.248 e. The van der Waals surface area contributed by atoms with Gasteiger partial charge in [-0.2, -0.15) is 0 Å². The number of amides is 1. The van der Waals surface area contributed by atoms with Gasteiger partial charge in [0.1, 0.15) is 6.34 Å². The van der Waals surface area contributed by atoms with Crippen molar-refractivity contribution in [2.75, 3.05) is 0 Å². The van der Waals surface area contributed by atoms with Crippen LogP contribution < -0.4 is 17.0 Å². The van der Waals surface area contributed by atoms with Crippen molar-refractivity contribution < 1.29 is 4.79 Å². The molecule has 0 saturated carbocycles. The van der Waals surface area contributed by atoms with Crippen molar-refractivity contribution in [1.82, 2.24) is 5.43 Å². The van der Waals surface area contributed by atoms with E-state index in [1.807, 2.05) is 0 Å². The van der Waals surface area contributed by atoms with Crippen molar-refractivity contribution in [2.24, 2.45) is 16.6 Å². The second kappa shape index (κ2) is 4.22. The van der Waals surface area contributed by atoms with Crippen LogP contribution in [0.5, 0.6) is 0 Å². The van der Waals surface area contributed by atoms with Crippen LogP contribution in [-0.2, 0) is 0 Å². The van der Waals surface area contributed by atoms with Gasteiger partial charge in [-0.1, -0.05) is 6.07 Å². The lowest BCUT2D eigenvalue weighted by Gasteiger charge is -1.96. The molecule has 0 saturated heterocycles. The summed E-state index contributed by atoms with van der Waals surface area (Å²) in [7, 11) is 0. The van der Waals surface area contributed by atoms with Crippen LogP contribution in [0.1, 0.15) is 10.4 Å². The molecule has 0 spiro atoms. The zero-order valence-corrected chi connectivity index (χ0v) is 6.90. The number of benzene rings is 1. The highest BCUT2D eigenvalue weighted by Crippen LogP contribution is 2.12. The molecular weight excluding hydrogens is 168 g/mol. The van der Waals surface area contributed by atoms with E-state index in [2.05, 4.69) is 10.4 Å². The molecule has 68 valence electrons. The molecule has 1 aromatic carbocycles. The van der Waals surface area contributed by atoms with Crippen LogP contribution in [-0.4, -0.2) is 12.2 Å². The zero-order chi connectivity index (χ0) is 9.68. The second-order valence-electron chi connectivity index (χ2n) is 2.34. The van der Waals surface area contributed by atoms with Crippen LogP contribution in [0.3, 0.4) is 0 Å². The van der Waals surface area contributed by atoms with E-state index in [1.165, 1.54) is 6.34 Å². The minimum Gasteiger partial charge on any atom is -0.366 e. The minimum absolute atomic E-state index is 0.423. The summed E-state index contributed by atoms with van der Waals surface area (Å²) < 4.78 is 0. The van der Waals surface area contributed by atoms with Gasteiger partial charge in [0.25, 0.3) is 0 Å². The van der Waals surface area contributed by atoms with Crippen LogP contribution in [0.15, 0.2) is 29.3 Å². The Hall–Kier alpha value is -1.88. The molecule has 5 N–H and O–H groups in total. The van der Waals surface area contributed by atoms with Gasteiger partial charge < -0.3 is 11.2 Å². The summed E-state index contributed by atoms with van der Waals surface area (Å²) in [6.45, 7) is 0. The maximum atomic E-state index is 10.8. The molecule has 0 atom stereocenters. The molecule has 0 aromatic heterocycles. The molecule has 5 heteroatoms. The first-order valence-electron chi connectivity index (χ1n) is 3.62. The van der Waals surface area contributed by atoms with Crippen LogP contribution >= 0.6 is 0 Å². The lowest BCUT2D eigenvalue weighted by atomic mass is 10.2. The summed E-state index contributed by atoms with van der Waals surface area (Å²) in [6.07, 6.45) is 1.32. The van der Waals surface area contributed by atoms with Gasteiger partial charge in [0.15, 0.2) is 0 Å². The van der Waals surface area contributed by atoms with Crippen molar-refractivity contribution in [3.8, 4) is 0 Å². The van der Waals surface area contributed by atoms with Crippen LogP contribution in [0.4, 0.5) is 5.69 Å². The van der Waals surface area contributed by atoms with Gasteiger partial charge in [0, 0.05) is 5.56 Å². The quantitative estimate of drug-likeness (QED) is 0.261. The monoisotopic (exact) mass is 178 g/mol. The highest BCUT2D eigenvalue weighted by molar-refractivity contribution is 5.93. The predicted octanol–water partition coefficient (Wildman–Crippen LogP) is -0.0914. The topological polar surface area (TPSA) is 93.5 Å². The number of rotatable bonds is 3. The van der Waals surface area contributed by atoms with Crippen molar-refractivity contribution in [3.63, 3.8) is 0 Å². The van der Waals surface area contributed by atoms with E-state index >= 15 is 0 Å². The molecule has 0 heterocycles. The Bertz CT molecular complexity index is 335. The number of aliphatic imine (C=N–C) groups is 1. The van der Waals surface area contributed by atoms with Gasteiger partial charge in [-0.3, -0.25) is 4.79 Å². The van der Waals surface area contributed by atoms with Crippen LogP contribution in [0, 0.1) is 0 Å². The van der Waals surface area contributed by atoms with E-state index in [9.17, 15) is 4.79 Å². The fraction of sp³-hybridized carbons (Fsp3) is 0. The number of hydrogen-bond donors (Lipinski definition) is 3. The third-order valence-electron chi connectivity index (χ3n) is 1.42. The summed E-state index contributed by atoms with van der Waals surface area (Å²) in [6, 6.07) is 6.64. The number of carbonyl (C=O) groups excluding carboxylic acids is 1. The number of hydrazine groups is 1. The summed E-state index contributed by atoms with van der Waals surface area (Å²) in [5.74, 6) is 4.51. The first kappa shape index (κ1) is 9.21. The Balaban J connectivity index is 2.92. The number of nitrogens with one attached hydrogen (secondary N) is 1. The maximum absolute atomic E-state index is 10.8. The van der Waals surface area contributed by atoms with Gasteiger partial charge in [0.2, 0.25) is 5.91 Å². The van der Waals surface area contributed by atoms with Crippen molar-refractivity contribution in [3.05, 3.63) is 29.8 Å². The van der Waals surface area contributed by atoms with Crippen molar-refractivity contribution >= 4 is 17.9 Å². The van der Waals surface area contributed by atoms with Gasteiger partial charge in [-0.25, -0.2) is 10.8 Å². The minimum atomic E-state index is -0.474. The predicted molar refractivity (Wildman–Crippen MR) is 50.4 cm³/mol. The highest BCUT2D eigenvalue weighted by Gasteiger charge is 1.98. The third-order valence-corrected chi connectivity index (χ3v) is 1.42. The molecule has 0 fully saturated rings. The molecule has 0 bridgehead atoms.